The Morgan fingerprint density at radius 2 is 1.69 bits per heavy atom. The lowest BCUT2D eigenvalue weighted by atomic mass is 9.78. The van der Waals surface area contributed by atoms with Gasteiger partial charge < -0.3 is 4.74 Å². The maximum atomic E-state index is 5.45. The van der Waals surface area contributed by atoms with E-state index >= 15 is 0 Å². The van der Waals surface area contributed by atoms with Gasteiger partial charge in [0.15, 0.2) is 0 Å². The third-order valence-electron chi connectivity index (χ3n) is 2.87. The molecule has 0 saturated heterocycles. The zero-order chi connectivity index (χ0) is 12.2. The van der Waals surface area contributed by atoms with Gasteiger partial charge in [-0.1, -0.05) is 39.8 Å². The second-order valence-electron chi connectivity index (χ2n) is 5.44. The molecule has 0 bridgehead atoms. The molecule has 0 radical (unpaired) electrons. The zero-order valence-electron chi connectivity index (χ0n) is 11.2. The highest BCUT2D eigenvalue weighted by molar-refractivity contribution is 5.31. The topological polar surface area (TPSA) is 9.23 Å². The fraction of sp³-hybridized carbons (Fsp3) is 0.600. The molecular formula is C15H24O. The molecule has 0 aliphatic heterocycles. The molecule has 0 spiro atoms. The molecule has 0 fully saturated rings. The Kier molecular flexibility index (Phi) is 4.40. The lowest BCUT2D eigenvalue weighted by Crippen LogP contribution is -2.19. The standard InChI is InChI=1S/C15H24O/c1-6-16-14-9-7-13(8-10-14)15(4,5)11-12(2)3/h7-10,12H,6,11H2,1-5H3. The minimum atomic E-state index is 0.249. The molecule has 90 valence electrons. The van der Waals surface area contributed by atoms with Gasteiger partial charge in [0.25, 0.3) is 0 Å². The molecule has 0 aliphatic carbocycles. The third-order valence-corrected chi connectivity index (χ3v) is 2.87. The first-order chi connectivity index (χ1) is 7.45. The summed E-state index contributed by atoms with van der Waals surface area (Å²) in [5.74, 6) is 1.69. The van der Waals surface area contributed by atoms with Crippen molar-refractivity contribution in [2.75, 3.05) is 6.61 Å². The van der Waals surface area contributed by atoms with E-state index in [1.54, 1.807) is 0 Å². The lowest BCUT2D eigenvalue weighted by Gasteiger charge is -2.27. The van der Waals surface area contributed by atoms with Crippen molar-refractivity contribution in [3.8, 4) is 5.75 Å². The van der Waals surface area contributed by atoms with Crippen LogP contribution in [0, 0.1) is 5.92 Å². The molecule has 1 rings (SSSR count). The van der Waals surface area contributed by atoms with Gasteiger partial charge in [0.2, 0.25) is 0 Å². The SMILES string of the molecule is CCOc1ccc(C(C)(C)CC(C)C)cc1. The van der Waals surface area contributed by atoms with E-state index < -0.39 is 0 Å². The summed E-state index contributed by atoms with van der Waals surface area (Å²) < 4.78 is 5.45. The van der Waals surface area contributed by atoms with Crippen LogP contribution in [0.15, 0.2) is 24.3 Å². The van der Waals surface area contributed by atoms with Gasteiger partial charge in [-0.3, -0.25) is 0 Å². The first-order valence-electron chi connectivity index (χ1n) is 6.19. The Bertz CT molecular complexity index is 309. The van der Waals surface area contributed by atoms with Crippen LogP contribution in [0.4, 0.5) is 0 Å². The summed E-state index contributed by atoms with van der Waals surface area (Å²) in [5.41, 5.74) is 1.64. The molecule has 1 aromatic carbocycles. The van der Waals surface area contributed by atoms with Crippen LogP contribution in [0.25, 0.3) is 0 Å². The van der Waals surface area contributed by atoms with Crippen LogP contribution in [-0.2, 0) is 5.41 Å². The molecule has 16 heavy (non-hydrogen) atoms. The second-order valence-corrected chi connectivity index (χ2v) is 5.44. The highest BCUT2D eigenvalue weighted by Crippen LogP contribution is 2.31. The zero-order valence-corrected chi connectivity index (χ0v) is 11.2. The van der Waals surface area contributed by atoms with E-state index in [2.05, 4.69) is 52.0 Å². The average molecular weight is 220 g/mol. The number of benzene rings is 1. The smallest absolute Gasteiger partial charge is 0.119 e. The van der Waals surface area contributed by atoms with Crippen molar-refractivity contribution in [2.24, 2.45) is 5.92 Å². The van der Waals surface area contributed by atoms with Crippen molar-refractivity contribution in [3.05, 3.63) is 29.8 Å². The van der Waals surface area contributed by atoms with Crippen molar-refractivity contribution in [1.29, 1.82) is 0 Å². The number of rotatable bonds is 5. The van der Waals surface area contributed by atoms with E-state index in [1.165, 1.54) is 12.0 Å². The Morgan fingerprint density at radius 3 is 2.12 bits per heavy atom. The van der Waals surface area contributed by atoms with Gasteiger partial charge in [-0.2, -0.15) is 0 Å². The van der Waals surface area contributed by atoms with Gasteiger partial charge in [0.05, 0.1) is 6.61 Å². The molecule has 0 aromatic heterocycles. The fourth-order valence-corrected chi connectivity index (χ4v) is 2.31. The minimum absolute atomic E-state index is 0.249. The first kappa shape index (κ1) is 13.1. The predicted molar refractivity (Wildman–Crippen MR) is 70.1 cm³/mol. The normalized spacial score (nSPS) is 11.9. The van der Waals surface area contributed by atoms with E-state index in [1.807, 2.05) is 6.92 Å². The van der Waals surface area contributed by atoms with Crippen LogP contribution >= 0.6 is 0 Å². The van der Waals surface area contributed by atoms with E-state index in [0.29, 0.717) is 0 Å². The third kappa shape index (κ3) is 3.55. The van der Waals surface area contributed by atoms with Crippen molar-refractivity contribution in [3.63, 3.8) is 0 Å². The van der Waals surface area contributed by atoms with Crippen molar-refractivity contribution < 1.29 is 4.74 Å². The molecule has 0 aliphatic rings. The van der Waals surface area contributed by atoms with Gasteiger partial charge in [0, 0.05) is 0 Å². The first-order valence-corrected chi connectivity index (χ1v) is 6.19. The van der Waals surface area contributed by atoms with Crippen LogP contribution in [0.2, 0.25) is 0 Å². The van der Waals surface area contributed by atoms with Gasteiger partial charge >= 0.3 is 0 Å². The molecule has 1 heteroatoms. The molecule has 0 heterocycles. The van der Waals surface area contributed by atoms with Crippen LogP contribution in [-0.4, -0.2) is 6.61 Å². The molecule has 0 saturated carbocycles. The summed E-state index contributed by atoms with van der Waals surface area (Å²) in [4.78, 5) is 0. The monoisotopic (exact) mass is 220 g/mol. The molecule has 0 N–H and O–H groups in total. The molecular weight excluding hydrogens is 196 g/mol. The summed E-state index contributed by atoms with van der Waals surface area (Å²) in [6.07, 6.45) is 1.21. The molecule has 0 unspecified atom stereocenters. The van der Waals surface area contributed by atoms with Gasteiger partial charge in [-0.25, -0.2) is 0 Å². The minimum Gasteiger partial charge on any atom is -0.494 e. The Morgan fingerprint density at radius 1 is 1.12 bits per heavy atom. The Labute approximate surface area is 99.8 Å². The van der Waals surface area contributed by atoms with Gasteiger partial charge in [-0.15, -0.1) is 0 Å². The molecule has 0 atom stereocenters. The molecule has 0 amide bonds. The van der Waals surface area contributed by atoms with E-state index in [9.17, 15) is 0 Å². The summed E-state index contributed by atoms with van der Waals surface area (Å²) in [7, 11) is 0. The highest BCUT2D eigenvalue weighted by atomic mass is 16.5. The quantitative estimate of drug-likeness (QED) is 0.714. The number of hydrogen-bond donors (Lipinski definition) is 0. The van der Waals surface area contributed by atoms with Crippen LogP contribution < -0.4 is 4.74 Å². The maximum absolute atomic E-state index is 5.45. The number of hydrogen-bond acceptors (Lipinski definition) is 1. The molecule has 1 aromatic rings. The molecule has 1 nitrogen and oxygen atoms in total. The largest absolute Gasteiger partial charge is 0.494 e. The van der Waals surface area contributed by atoms with E-state index in [0.717, 1.165) is 18.3 Å². The average Bonchev–Trinajstić information content (AvgIpc) is 2.17. The van der Waals surface area contributed by atoms with E-state index in [-0.39, 0.29) is 5.41 Å². The highest BCUT2D eigenvalue weighted by Gasteiger charge is 2.21. The lowest BCUT2D eigenvalue weighted by molar-refractivity contribution is 0.339. The van der Waals surface area contributed by atoms with Gasteiger partial charge in [0.1, 0.15) is 5.75 Å². The second kappa shape index (κ2) is 5.38. The van der Waals surface area contributed by atoms with Crippen molar-refractivity contribution in [1.82, 2.24) is 0 Å². The van der Waals surface area contributed by atoms with Crippen molar-refractivity contribution >= 4 is 0 Å². The summed E-state index contributed by atoms with van der Waals surface area (Å²) in [5, 5.41) is 0. The van der Waals surface area contributed by atoms with Crippen LogP contribution in [0.3, 0.4) is 0 Å². The summed E-state index contributed by atoms with van der Waals surface area (Å²) in [6, 6.07) is 8.52. The van der Waals surface area contributed by atoms with E-state index in [4.69, 9.17) is 4.74 Å². The maximum Gasteiger partial charge on any atom is 0.119 e. The van der Waals surface area contributed by atoms with Gasteiger partial charge in [-0.05, 0) is 42.4 Å². The summed E-state index contributed by atoms with van der Waals surface area (Å²) in [6.45, 7) is 11.9. The fourth-order valence-electron chi connectivity index (χ4n) is 2.31. The van der Waals surface area contributed by atoms with Crippen LogP contribution in [0.5, 0.6) is 5.75 Å². The van der Waals surface area contributed by atoms with Crippen LogP contribution in [0.1, 0.15) is 46.6 Å². The Hall–Kier alpha value is -0.980. The number of ether oxygens (including phenoxy) is 1. The van der Waals surface area contributed by atoms with Crippen molar-refractivity contribution in [2.45, 2.75) is 46.5 Å². The Balaban J connectivity index is 2.79. The summed E-state index contributed by atoms with van der Waals surface area (Å²) >= 11 is 0. The predicted octanol–water partition coefficient (Wildman–Crippen LogP) is 4.41.